The first kappa shape index (κ1) is 41.4. The fourth-order valence-corrected chi connectivity index (χ4v) is 8.30. The molecule has 6 rings (SSSR count). The molecular formula is C41H42F4N2O9S. The molecule has 2 aliphatic rings. The average Bonchev–Trinajstić information content (AvgIpc) is 3.60. The van der Waals surface area contributed by atoms with E-state index in [2.05, 4.69) is 10.6 Å². The number of halogens is 4. The molecule has 57 heavy (non-hydrogen) atoms. The zero-order valence-electron chi connectivity index (χ0n) is 31.4. The molecule has 4 aromatic rings. The van der Waals surface area contributed by atoms with Crippen LogP contribution in [-0.4, -0.2) is 64.2 Å². The van der Waals surface area contributed by atoms with Crippen molar-refractivity contribution in [3.8, 4) is 11.5 Å². The first-order chi connectivity index (χ1) is 27.0. The number of carbonyl (C=O) groups excluding carboxylic acids is 3. The summed E-state index contributed by atoms with van der Waals surface area (Å²) in [6.07, 6.45) is 1.06. The van der Waals surface area contributed by atoms with E-state index < -0.39 is 67.5 Å². The number of amides is 2. The third kappa shape index (κ3) is 8.86. The summed E-state index contributed by atoms with van der Waals surface area (Å²) in [6, 6.07) is 18.7. The van der Waals surface area contributed by atoms with E-state index in [-0.39, 0.29) is 41.7 Å². The minimum absolute atomic E-state index is 0.0995. The number of carbonyl (C=O) groups is 3. The molecule has 3 unspecified atom stereocenters. The van der Waals surface area contributed by atoms with Gasteiger partial charge in [-0.3, -0.25) is 14.4 Å². The molecule has 11 nitrogen and oxygen atoms in total. The van der Waals surface area contributed by atoms with Crippen LogP contribution in [0.5, 0.6) is 11.5 Å². The van der Waals surface area contributed by atoms with E-state index in [1.165, 1.54) is 26.4 Å². The molecule has 2 aliphatic carbocycles. The van der Waals surface area contributed by atoms with Gasteiger partial charge in [-0.15, -0.1) is 0 Å². The smallest absolute Gasteiger partial charge is 0.496 e. The maximum Gasteiger partial charge on any atom is 0.501 e. The molecule has 0 heterocycles. The first-order valence-electron chi connectivity index (χ1n) is 18.3. The Morgan fingerprint density at radius 3 is 2.28 bits per heavy atom. The molecule has 0 aliphatic heterocycles. The molecule has 2 saturated carbocycles. The van der Waals surface area contributed by atoms with Gasteiger partial charge in [0.25, 0.3) is 15.7 Å². The lowest BCUT2D eigenvalue weighted by atomic mass is 9.74. The van der Waals surface area contributed by atoms with E-state index in [1.807, 2.05) is 49.4 Å². The number of nitrogens with one attached hydrogen (secondary N) is 2. The highest BCUT2D eigenvalue weighted by molar-refractivity contribution is 7.92. The molecule has 0 spiro atoms. The van der Waals surface area contributed by atoms with Gasteiger partial charge in [0.15, 0.2) is 11.6 Å². The predicted molar refractivity (Wildman–Crippen MR) is 201 cm³/mol. The SMILES string of the molecule is COc1cc(F)c(OC2CCC(C)(C(=O)OCc3cccc4ccccc34)CC2)cc1C(=O)NC1C(OC)CCC1C(=O)Nc1cccc(S(=O)(=O)C(F)(F)F)c1. The Morgan fingerprint density at radius 1 is 0.877 bits per heavy atom. The summed E-state index contributed by atoms with van der Waals surface area (Å²) < 4.78 is 101. The van der Waals surface area contributed by atoms with Gasteiger partial charge in [-0.1, -0.05) is 48.5 Å². The molecule has 3 atom stereocenters. The normalized spacial score (nSPS) is 22.4. The van der Waals surface area contributed by atoms with Crippen LogP contribution in [0.4, 0.5) is 23.2 Å². The highest BCUT2D eigenvalue weighted by atomic mass is 32.2. The number of anilines is 1. The zero-order chi connectivity index (χ0) is 41.1. The van der Waals surface area contributed by atoms with Crippen LogP contribution in [0.1, 0.15) is 61.4 Å². The number of sulfone groups is 1. The van der Waals surface area contributed by atoms with Crippen molar-refractivity contribution in [2.75, 3.05) is 19.5 Å². The van der Waals surface area contributed by atoms with Gasteiger partial charge in [0.2, 0.25) is 5.91 Å². The minimum Gasteiger partial charge on any atom is -0.496 e. The summed E-state index contributed by atoms with van der Waals surface area (Å²) in [5.74, 6) is -3.83. The van der Waals surface area contributed by atoms with Crippen molar-refractivity contribution in [1.29, 1.82) is 0 Å². The molecule has 2 fully saturated rings. The van der Waals surface area contributed by atoms with Crippen molar-refractivity contribution >= 4 is 44.1 Å². The van der Waals surface area contributed by atoms with Gasteiger partial charge in [-0.2, -0.15) is 13.2 Å². The van der Waals surface area contributed by atoms with Gasteiger partial charge < -0.3 is 29.6 Å². The van der Waals surface area contributed by atoms with Crippen molar-refractivity contribution in [3.63, 3.8) is 0 Å². The summed E-state index contributed by atoms with van der Waals surface area (Å²) in [7, 11) is -3.02. The van der Waals surface area contributed by atoms with E-state index >= 15 is 4.39 Å². The van der Waals surface area contributed by atoms with Crippen LogP contribution in [0.2, 0.25) is 0 Å². The lowest BCUT2D eigenvalue weighted by Crippen LogP contribution is -2.48. The Hall–Kier alpha value is -5.22. The predicted octanol–water partition coefficient (Wildman–Crippen LogP) is 7.51. The van der Waals surface area contributed by atoms with Crippen molar-refractivity contribution in [2.45, 2.75) is 80.7 Å². The highest BCUT2D eigenvalue weighted by Crippen LogP contribution is 2.40. The monoisotopic (exact) mass is 814 g/mol. The number of benzene rings is 4. The highest BCUT2D eigenvalue weighted by Gasteiger charge is 2.47. The molecule has 4 aromatic carbocycles. The fraction of sp³-hybridized carbons (Fsp3) is 0.390. The molecule has 2 N–H and O–H groups in total. The summed E-state index contributed by atoms with van der Waals surface area (Å²) in [4.78, 5) is 39.5. The minimum atomic E-state index is -5.67. The number of rotatable bonds is 12. The number of hydrogen-bond acceptors (Lipinski definition) is 9. The van der Waals surface area contributed by atoms with Gasteiger partial charge in [0, 0.05) is 18.9 Å². The van der Waals surface area contributed by atoms with Gasteiger partial charge in [0.1, 0.15) is 12.4 Å². The van der Waals surface area contributed by atoms with Crippen molar-refractivity contribution in [3.05, 3.63) is 95.8 Å². The van der Waals surface area contributed by atoms with Crippen LogP contribution < -0.4 is 20.1 Å². The fourth-order valence-electron chi connectivity index (χ4n) is 7.49. The van der Waals surface area contributed by atoms with Gasteiger partial charge in [-0.05, 0) is 86.1 Å². The van der Waals surface area contributed by atoms with Crippen LogP contribution in [-0.2, 0) is 35.5 Å². The molecule has 0 saturated heterocycles. The zero-order valence-corrected chi connectivity index (χ0v) is 32.2. The van der Waals surface area contributed by atoms with Crippen LogP contribution in [0, 0.1) is 17.2 Å². The van der Waals surface area contributed by atoms with Crippen LogP contribution in [0.25, 0.3) is 10.8 Å². The average molecular weight is 815 g/mol. The Balaban J connectivity index is 1.10. The van der Waals surface area contributed by atoms with Crippen molar-refractivity contribution in [1.82, 2.24) is 5.32 Å². The Bertz CT molecular complexity index is 2250. The number of hydrogen-bond donors (Lipinski definition) is 2. The third-order valence-corrected chi connectivity index (χ3v) is 12.3. The second kappa shape index (κ2) is 16.7. The summed E-state index contributed by atoms with van der Waals surface area (Å²) in [5.41, 5.74) is -5.72. The van der Waals surface area contributed by atoms with E-state index in [1.54, 1.807) is 0 Å². The Kier molecular flexibility index (Phi) is 12.1. The van der Waals surface area contributed by atoms with Crippen LogP contribution >= 0.6 is 0 Å². The number of fused-ring (bicyclic) bond motifs is 1. The van der Waals surface area contributed by atoms with E-state index in [9.17, 15) is 36.0 Å². The molecule has 0 bridgehead atoms. The second-order valence-corrected chi connectivity index (χ2v) is 16.4. The Morgan fingerprint density at radius 2 is 1.58 bits per heavy atom. The maximum atomic E-state index is 15.4. The quantitative estimate of drug-likeness (QED) is 0.110. The summed E-state index contributed by atoms with van der Waals surface area (Å²) in [5, 5.41) is 7.27. The number of ether oxygens (including phenoxy) is 4. The summed E-state index contributed by atoms with van der Waals surface area (Å²) in [6.45, 7) is 1.96. The van der Waals surface area contributed by atoms with E-state index in [0.29, 0.717) is 38.2 Å². The third-order valence-electron chi connectivity index (χ3n) is 10.8. The molecular weight excluding hydrogens is 773 g/mol. The number of esters is 1. The lowest BCUT2D eigenvalue weighted by Gasteiger charge is -2.35. The van der Waals surface area contributed by atoms with Gasteiger partial charge in [-0.25, -0.2) is 12.8 Å². The molecule has 304 valence electrons. The summed E-state index contributed by atoms with van der Waals surface area (Å²) >= 11 is 0. The van der Waals surface area contributed by atoms with Crippen LogP contribution in [0.15, 0.2) is 83.8 Å². The first-order valence-corrected chi connectivity index (χ1v) is 19.8. The van der Waals surface area contributed by atoms with Gasteiger partial charge >= 0.3 is 11.5 Å². The molecule has 0 radical (unpaired) electrons. The Labute approximate surface area is 326 Å². The molecule has 0 aromatic heterocycles. The number of alkyl halides is 3. The maximum absolute atomic E-state index is 15.4. The lowest BCUT2D eigenvalue weighted by molar-refractivity contribution is -0.159. The van der Waals surface area contributed by atoms with Crippen molar-refractivity contribution < 1.29 is 59.3 Å². The standard InChI is InChI=1S/C41H42F4N2O9S/c1-40(39(50)55-23-25-10-6-9-24-8-4-5-13-29(24)25)18-16-27(17-19-40)56-35-21-31(34(54-3)22-32(35)42)38(49)47-36-30(14-15-33(36)53-2)37(48)46-26-11-7-12-28(20-26)57(51,52)41(43,44)45/h4-13,20-22,27,30,33,36H,14-19,23H2,1-3H3,(H,46,48)(H,47,49). The van der Waals surface area contributed by atoms with Crippen molar-refractivity contribution in [2.24, 2.45) is 11.3 Å². The molecule has 2 amide bonds. The van der Waals surface area contributed by atoms with Crippen LogP contribution in [0.3, 0.4) is 0 Å². The molecule has 16 heteroatoms. The van der Waals surface area contributed by atoms with Gasteiger partial charge in [0.05, 0.1) is 47.2 Å². The topological polar surface area (TPSA) is 146 Å². The second-order valence-electron chi connectivity index (χ2n) is 14.5. The van der Waals surface area contributed by atoms with E-state index in [0.717, 1.165) is 34.5 Å². The largest absolute Gasteiger partial charge is 0.501 e. The van der Waals surface area contributed by atoms with E-state index in [4.69, 9.17) is 18.9 Å². The number of methoxy groups -OCH3 is 2.